The molecular formula is C11H17N3O2S. The van der Waals surface area contributed by atoms with Crippen LogP contribution in [0.4, 0.5) is 0 Å². The highest BCUT2D eigenvalue weighted by atomic mass is 32.2. The molecule has 2 rings (SSSR count). The molecule has 1 aromatic rings. The topological polar surface area (TPSA) is 84.2 Å². The molecule has 0 bridgehead atoms. The molecule has 0 unspecified atom stereocenters. The van der Waals surface area contributed by atoms with Crippen molar-refractivity contribution in [2.75, 3.05) is 0 Å². The molecule has 17 heavy (non-hydrogen) atoms. The van der Waals surface area contributed by atoms with Crippen LogP contribution in [0, 0.1) is 0 Å². The van der Waals surface area contributed by atoms with Crippen molar-refractivity contribution >= 4 is 10.2 Å². The summed E-state index contributed by atoms with van der Waals surface area (Å²) in [5.74, 6) is 0. The monoisotopic (exact) mass is 255 g/mol. The van der Waals surface area contributed by atoms with E-state index in [0.29, 0.717) is 6.54 Å². The van der Waals surface area contributed by atoms with Crippen molar-refractivity contribution in [2.24, 2.45) is 5.73 Å². The Morgan fingerprint density at radius 2 is 1.88 bits per heavy atom. The van der Waals surface area contributed by atoms with Crippen LogP contribution in [0.2, 0.25) is 0 Å². The first-order valence-corrected chi connectivity index (χ1v) is 7.13. The molecule has 0 aromatic heterocycles. The van der Waals surface area contributed by atoms with E-state index in [1.165, 1.54) is 0 Å². The van der Waals surface area contributed by atoms with Gasteiger partial charge in [0, 0.05) is 19.1 Å². The van der Waals surface area contributed by atoms with Crippen molar-refractivity contribution in [1.82, 2.24) is 9.44 Å². The summed E-state index contributed by atoms with van der Waals surface area (Å²) < 4.78 is 28.3. The Bertz CT molecular complexity index is 483. The molecule has 1 aromatic carbocycles. The van der Waals surface area contributed by atoms with Gasteiger partial charge in [0.05, 0.1) is 0 Å². The van der Waals surface area contributed by atoms with Crippen LogP contribution in [0.3, 0.4) is 0 Å². The summed E-state index contributed by atoms with van der Waals surface area (Å²) in [5.41, 5.74) is 7.46. The molecule has 0 atom stereocenters. The van der Waals surface area contributed by atoms with Crippen molar-refractivity contribution in [3.63, 3.8) is 0 Å². The fraction of sp³-hybridized carbons (Fsp3) is 0.455. The highest BCUT2D eigenvalue weighted by Gasteiger charge is 2.26. The lowest BCUT2D eigenvalue weighted by Gasteiger charge is -2.10. The molecule has 1 fully saturated rings. The zero-order valence-corrected chi connectivity index (χ0v) is 10.3. The quantitative estimate of drug-likeness (QED) is 0.680. The van der Waals surface area contributed by atoms with E-state index < -0.39 is 10.2 Å². The lowest BCUT2D eigenvalue weighted by molar-refractivity contribution is 0.565. The highest BCUT2D eigenvalue weighted by molar-refractivity contribution is 7.87. The first-order chi connectivity index (χ1) is 8.11. The zero-order valence-electron chi connectivity index (χ0n) is 9.52. The van der Waals surface area contributed by atoms with Gasteiger partial charge < -0.3 is 5.73 Å². The Balaban J connectivity index is 1.96. The fourth-order valence-corrected chi connectivity index (χ4v) is 2.67. The minimum Gasteiger partial charge on any atom is -0.326 e. The summed E-state index contributed by atoms with van der Waals surface area (Å²) in [6, 6.07) is 7.66. The third-order valence-electron chi connectivity index (χ3n) is 2.69. The van der Waals surface area contributed by atoms with Crippen molar-refractivity contribution in [1.29, 1.82) is 0 Å². The van der Waals surface area contributed by atoms with Gasteiger partial charge in [-0.05, 0) is 24.0 Å². The third kappa shape index (κ3) is 3.78. The van der Waals surface area contributed by atoms with E-state index in [2.05, 4.69) is 9.44 Å². The predicted molar refractivity (Wildman–Crippen MR) is 66.3 cm³/mol. The first-order valence-electron chi connectivity index (χ1n) is 5.64. The number of rotatable bonds is 6. The maximum Gasteiger partial charge on any atom is 0.277 e. The van der Waals surface area contributed by atoms with Crippen molar-refractivity contribution in [3.8, 4) is 0 Å². The van der Waals surface area contributed by atoms with E-state index in [1.807, 2.05) is 24.3 Å². The molecule has 1 saturated carbocycles. The van der Waals surface area contributed by atoms with Crippen molar-refractivity contribution in [3.05, 3.63) is 35.4 Å². The van der Waals surface area contributed by atoms with Gasteiger partial charge in [-0.25, -0.2) is 0 Å². The minimum absolute atomic E-state index is 0.122. The number of hydrogen-bond donors (Lipinski definition) is 3. The first kappa shape index (κ1) is 12.5. The van der Waals surface area contributed by atoms with Gasteiger partial charge in [-0.15, -0.1) is 0 Å². The molecule has 0 radical (unpaired) electrons. The molecule has 94 valence electrons. The Morgan fingerprint density at radius 3 is 2.47 bits per heavy atom. The van der Waals surface area contributed by atoms with Crippen LogP contribution in [-0.2, 0) is 23.3 Å². The summed E-state index contributed by atoms with van der Waals surface area (Å²) in [7, 11) is -3.38. The normalized spacial score (nSPS) is 16.1. The van der Waals surface area contributed by atoms with Gasteiger partial charge in [0.25, 0.3) is 10.2 Å². The maximum absolute atomic E-state index is 11.6. The van der Waals surface area contributed by atoms with Crippen LogP contribution in [-0.4, -0.2) is 14.5 Å². The van der Waals surface area contributed by atoms with Crippen LogP contribution >= 0.6 is 0 Å². The summed E-state index contributed by atoms with van der Waals surface area (Å²) in [4.78, 5) is 0. The molecule has 5 nitrogen and oxygen atoms in total. The molecule has 1 aliphatic rings. The molecule has 0 heterocycles. The lowest BCUT2D eigenvalue weighted by Crippen LogP contribution is -2.37. The van der Waals surface area contributed by atoms with E-state index >= 15 is 0 Å². The van der Waals surface area contributed by atoms with Gasteiger partial charge in [-0.1, -0.05) is 24.3 Å². The second-order valence-corrected chi connectivity index (χ2v) is 5.72. The molecule has 4 N–H and O–H groups in total. The summed E-state index contributed by atoms with van der Waals surface area (Å²) in [6.07, 6.45) is 1.86. The number of hydrogen-bond acceptors (Lipinski definition) is 3. The Kier molecular flexibility index (Phi) is 3.78. The highest BCUT2D eigenvalue weighted by Crippen LogP contribution is 2.19. The molecule has 0 amide bonds. The largest absolute Gasteiger partial charge is 0.326 e. The van der Waals surface area contributed by atoms with Crippen molar-refractivity contribution < 1.29 is 8.42 Å². The average Bonchev–Trinajstić information content (AvgIpc) is 3.10. The van der Waals surface area contributed by atoms with Gasteiger partial charge >= 0.3 is 0 Å². The van der Waals surface area contributed by atoms with Gasteiger partial charge in [-0.3, -0.25) is 0 Å². The summed E-state index contributed by atoms with van der Waals surface area (Å²) >= 11 is 0. The number of benzene rings is 1. The second-order valence-electron chi connectivity index (χ2n) is 4.19. The van der Waals surface area contributed by atoms with Crippen LogP contribution in [0.15, 0.2) is 24.3 Å². The van der Waals surface area contributed by atoms with Crippen LogP contribution in [0.25, 0.3) is 0 Å². The predicted octanol–water partition coefficient (Wildman–Crippen LogP) is 0.232. The van der Waals surface area contributed by atoms with E-state index in [0.717, 1.165) is 24.0 Å². The third-order valence-corrected chi connectivity index (χ3v) is 3.86. The van der Waals surface area contributed by atoms with Crippen LogP contribution in [0.5, 0.6) is 0 Å². The van der Waals surface area contributed by atoms with E-state index in [4.69, 9.17) is 5.73 Å². The van der Waals surface area contributed by atoms with Gasteiger partial charge in [0.1, 0.15) is 0 Å². The average molecular weight is 255 g/mol. The summed E-state index contributed by atoms with van der Waals surface area (Å²) in [5, 5.41) is 0. The number of nitrogens with two attached hydrogens (primary N) is 1. The van der Waals surface area contributed by atoms with Gasteiger partial charge in [0.15, 0.2) is 0 Å². The summed E-state index contributed by atoms with van der Waals surface area (Å²) in [6.45, 7) is 0.684. The van der Waals surface area contributed by atoms with Crippen molar-refractivity contribution in [2.45, 2.75) is 32.0 Å². The van der Waals surface area contributed by atoms with E-state index in [9.17, 15) is 8.42 Å². The van der Waals surface area contributed by atoms with E-state index in [-0.39, 0.29) is 12.6 Å². The number of nitrogens with one attached hydrogen (secondary N) is 2. The van der Waals surface area contributed by atoms with Crippen LogP contribution < -0.4 is 15.2 Å². The molecule has 0 saturated heterocycles. The standard InChI is InChI=1S/C11H17N3O2S/c12-7-9-3-1-2-4-10(9)8-13-17(15,16)14-11-5-6-11/h1-4,11,13-14H,5-8,12H2. The molecule has 0 spiro atoms. The fourth-order valence-electron chi connectivity index (χ4n) is 1.56. The van der Waals surface area contributed by atoms with E-state index in [1.54, 1.807) is 0 Å². The van der Waals surface area contributed by atoms with Gasteiger partial charge in [0.2, 0.25) is 0 Å². The molecule has 0 aliphatic heterocycles. The lowest BCUT2D eigenvalue weighted by atomic mass is 10.1. The molecule has 1 aliphatic carbocycles. The second kappa shape index (κ2) is 5.14. The Labute approximate surface area is 102 Å². The molecule has 6 heteroatoms. The van der Waals surface area contributed by atoms with Gasteiger partial charge in [-0.2, -0.15) is 17.9 Å². The zero-order chi connectivity index (χ0) is 12.3. The smallest absolute Gasteiger partial charge is 0.277 e. The maximum atomic E-state index is 11.6. The Hall–Kier alpha value is -0.950. The SMILES string of the molecule is NCc1ccccc1CNS(=O)(=O)NC1CC1. The Morgan fingerprint density at radius 1 is 1.24 bits per heavy atom. The minimum atomic E-state index is -3.38. The van der Waals surface area contributed by atoms with Crippen LogP contribution in [0.1, 0.15) is 24.0 Å². The molecular weight excluding hydrogens is 238 g/mol.